The fourth-order valence-corrected chi connectivity index (χ4v) is 0.871. The zero-order valence-corrected chi connectivity index (χ0v) is 7.55. The minimum Gasteiger partial charge on any atom is -0.478 e. The molecule has 0 spiro atoms. The zero-order chi connectivity index (χ0) is 9.40. The molecule has 0 atom stereocenters. The second-order valence-electron chi connectivity index (χ2n) is 2.83. The Morgan fingerprint density at radius 2 is 2.08 bits per heavy atom. The highest BCUT2D eigenvalue weighted by Crippen LogP contribution is 2.02. The molecule has 0 rings (SSSR count). The lowest BCUT2D eigenvalue weighted by molar-refractivity contribution is -0.132. The number of unbranched alkanes of at least 4 members (excludes halogenated alkanes) is 3. The van der Waals surface area contributed by atoms with Crippen LogP contribution in [-0.2, 0) is 4.79 Å². The number of aliphatic carboxylic acids is 1. The average molecular weight is 171 g/mol. The third-order valence-corrected chi connectivity index (χ3v) is 1.70. The van der Waals surface area contributed by atoms with E-state index < -0.39 is 5.97 Å². The summed E-state index contributed by atoms with van der Waals surface area (Å²) >= 11 is 0. The lowest BCUT2D eigenvalue weighted by atomic mass is 10.1. The summed E-state index contributed by atoms with van der Waals surface area (Å²) in [6, 6.07) is 0. The summed E-state index contributed by atoms with van der Waals surface area (Å²) in [5.41, 5.74) is 5.74. The maximum absolute atomic E-state index is 10.3. The Morgan fingerprint density at radius 3 is 2.58 bits per heavy atom. The molecule has 0 fully saturated rings. The molecule has 3 heteroatoms. The second kappa shape index (κ2) is 6.85. The number of hydrogen-bond acceptors (Lipinski definition) is 2. The number of carboxylic acid groups (broad SMARTS) is 1. The van der Waals surface area contributed by atoms with E-state index in [4.69, 9.17) is 10.8 Å². The van der Waals surface area contributed by atoms with Gasteiger partial charge in [-0.15, -0.1) is 0 Å². The predicted molar refractivity (Wildman–Crippen MR) is 48.9 cm³/mol. The normalized spacial score (nSPS) is 11.7. The van der Waals surface area contributed by atoms with Gasteiger partial charge in [0.15, 0.2) is 0 Å². The van der Waals surface area contributed by atoms with Crippen LogP contribution < -0.4 is 5.73 Å². The van der Waals surface area contributed by atoms with E-state index in [1.807, 2.05) is 0 Å². The van der Waals surface area contributed by atoms with Crippen molar-refractivity contribution in [2.24, 2.45) is 5.73 Å². The van der Waals surface area contributed by atoms with Gasteiger partial charge in [-0.1, -0.05) is 12.5 Å². The van der Waals surface area contributed by atoms with Gasteiger partial charge in [-0.05, 0) is 32.7 Å². The molecule has 0 saturated heterocycles. The summed E-state index contributed by atoms with van der Waals surface area (Å²) in [5.74, 6) is -0.825. The van der Waals surface area contributed by atoms with Crippen LogP contribution in [0, 0.1) is 0 Å². The fraction of sp³-hybridized carbons (Fsp3) is 0.667. The van der Waals surface area contributed by atoms with Crippen molar-refractivity contribution in [3.8, 4) is 0 Å². The predicted octanol–water partition coefficient (Wildman–Crippen LogP) is 1.54. The molecule has 3 N–H and O–H groups in total. The van der Waals surface area contributed by atoms with Crippen LogP contribution in [0.5, 0.6) is 0 Å². The van der Waals surface area contributed by atoms with Crippen molar-refractivity contribution in [3.05, 3.63) is 11.6 Å². The van der Waals surface area contributed by atoms with Gasteiger partial charge in [-0.25, -0.2) is 4.79 Å². The lowest BCUT2D eigenvalue weighted by Gasteiger charge is -1.95. The van der Waals surface area contributed by atoms with Gasteiger partial charge >= 0.3 is 5.97 Å². The summed E-state index contributed by atoms with van der Waals surface area (Å²) in [6.07, 6.45) is 5.75. The Labute approximate surface area is 73.3 Å². The van der Waals surface area contributed by atoms with Gasteiger partial charge in [0, 0.05) is 5.57 Å². The molecule has 3 nitrogen and oxygen atoms in total. The molecule has 70 valence electrons. The third kappa shape index (κ3) is 5.92. The average Bonchev–Trinajstić information content (AvgIpc) is 2.03. The Morgan fingerprint density at radius 1 is 1.42 bits per heavy atom. The first-order valence-corrected chi connectivity index (χ1v) is 4.28. The van der Waals surface area contributed by atoms with E-state index in [9.17, 15) is 4.79 Å². The smallest absolute Gasteiger partial charge is 0.330 e. The minimum absolute atomic E-state index is 0.433. The van der Waals surface area contributed by atoms with Crippen LogP contribution in [0.1, 0.15) is 32.6 Å². The van der Waals surface area contributed by atoms with E-state index in [-0.39, 0.29) is 0 Å². The Kier molecular flexibility index (Phi) is 6.38. The van der Waals surface area contributed by atoms with Gasteiger partial charge in [-0.3, -0.25) is 0 Å². The monoisotopic (exact) mass is 171 g/mol. The van der Waals surface area contributed by atoms with Crippen LogP contribution in [0.4, 0.5) is 0 Å². The lowest BCUT2D eigenvalue weighted by Crippen LogP contribution is -1.98. The number of hydrogen-bond donors (Lipinski definition) is 2. The van der Waals surface area contributed by atoms with Crippen molar-refractivity contribution in [2.45, 2.75) is 32.6 Å². The van der Waals surface area contributed by atoms with Crippen molar-refractivity contribution in [1.82, 2.24) is 0 Å². The van der Waals surface area contributed by atoms with Gasteiger partial charge in [-0.2, -0.15) is 0 Å². The summed E-state index contributed by atoms with van der Waals surface area (Å²) in [7, 11) is 0. The van der Waals surface area contributed by atoms with Gasteiger partial charge in [0.2, 0.25) is 0 Å². The number of carboxylic acids is 1. The van der Waals surface area contributed by atoms with Gasteiger partial charge in [0.25, 0.3) is 0 Å². The van der Waals surface area contributed by atoms with Crippen LogP contribution in [0.15, 0.2) is 11.6 Å². The molecule has 0 bridgehead atoms. The Hall–Kier alpha value is -0.830. The molecule has 0 heterocycles. The van der Waals surface area contributed by atoms with Gasteiger partial charge < -0.3 is 10.8 Å². The molecule has 0 radical (unpaired) electrons. The highest BCUT2D eigenvalue weighted by Gasteiger charge is 1.97. The maximum atomic E-state index is 10.3. The number of allylic oxidation sites excluding steroid dienone is 1. The second-order valence-corrected chi connectivity index (χ2v) is 2.83. The minimum atomic E-state index is -0.825. The first-order valence-electron chi connectivity index (χ1n) is 4.28. The first-order chi connectivity index (χ1) is 5.68. The quantitative estimate of drug-likeness (QED) is 0.470. The molecule has 0 aliphatic carbocycles. The van der Waals surface area contributed by atoms with Crippen LogP contribution in [0.3, 0.4) is 0 Å². The summed E-state index contributed by atoms with van der Waals surface area (Å²) < 4.78 is 0. The van der Waals surface area contributed by atoms with E-state index >= 15 is 0 Å². The van der Waals surface area contributed by atoms with Crippen molar-refractivity contribution in [1.29, 1.82) is 0 Å². The molecular weight excluding hydrogens is 154 g/mol. The standard InChI is InChI=1S/C9H17NO2/c1-8(9(11)12)6-4-2-3-5-7-10/h6H,2-5,7,10H2,1H3,(H,11,12). The highest BCUT2D eigenvalue weighted by molar-refractivity contribution is 5.85. The van der Waals surface area contributed by atoms with E-state index in [1.54, 1.807) is 13.0 Å². The number of nitrogens with two attached hydrogens (primary N) is 1. The summed E-state index contributed by atoms with van der Waals surface area (Å²) in [4.78, 5) is 10.3. The van der Waals surface area contributed by atoms with Gasteiger partial charge in [0.1, 0.15) is 0 Å². The van der Waals surface area contributed by atoms with E-state index in [0.717, 1.165) is 32.2 Å². The SMILES string of the molecule is CC(=CCCCCCN)C(=O)O. The molecule has 12 heavy (non-hydrogen) atoms. The first kappa shape index (κ1) is 11.2. The van der Waals surface area contributed by atoms with Gasteiger partial charge in [0.05, 0.1) is 0 Å². The van der Waals surface area contributed by atoms with Crippen LogP contribution in [0.25, 0.3) is 0 Å². The molecule has 0 unspecified atom stereocenters. The molecule has 0 amide bonds. The number of carbonyl (C=O) groups is 1. The molecule has 0 aromatic heterocycles. The van der Waals surface area contributed by atoms with Crippen LogP contribution in [-0.4, -0.2) is 17.6 Å². The third-order valence-electron chi connectivity index (χ3n) is 1.70. The Balaban J connectivity index is 3.40. The largest absolute Gasteiger partial charge is 0.478 e. The molecule has 0 aliphatic heterocycles. The molecule has 0 aliphatic rings. The van der Waals surface area contributed by atoms with E-state index in [0.29, 0.717) is 5.57 Å². The molecule has 0 aromatic carbocycles. The van der Waals surface area contributed by atoms with E-state index in [2.05, 4.69) is 0 Å². The zero-order valence-electron chi connectivity index (χ0n) is 7.55. The maximum Gasteiger partial charge on any atom is 0.330 e. The molecule has 0 saturated carbocycles. The van der Waals surface area contributed by atoms with Crippen molar-refractivity contribution in [3.63, 3.8) is 0 Å². The summed E-state index contributed by atoms with van der Waals surface area (Å²) in [6.45, 7) is 2.34. The molecule has 0 aromatic rings. The van der Waals surface area contributed by atoms with Crippen molar-refractivity contribution >= 4 is 5.97 Å². The number of rotatable bonds is 6. The molecular formula is C9H17NO2. The van der Waals surface area contributed by atoms with E-state index in [1.165, 1.54) is 0 Å². The highest BCUT2D eigenvalue weighted by atomic mass is 16.4. The summed E-state index contributed by atoms with van der Waals surface area (Å²) in [5, 5.41) is 8.50. The van der Waals surface area contributed by atoms with Crippen LogP contribution >= 0.6 is 0 Å². The van der Waals surface area contributed by atoms with Crippen molar-refractivity contribution < 1.29 is 9.90 Å². The fourth-order valence-electron chi connectivity index (χ4n) is 0.871. The van der Waals surface area contributed by atoms with Crippen LogP contribution in [0.2, 0.25) is 0 Å². The topological polar surface area (TPSA) is 63.3 Å². The van der Waals surface area contributed by atoms with Crippen molar-refractivity contribution in [2.75, 3.05) is 6.54 Å². The Bertz CT molecular complexity index is 164.